The molecule has 0 saturated carbocycles. The van der Waals surface area contributed by atoms with E-state index in [1.54, 1.807) is 31.2 Å². The number of aliphatic hydroxyl groups is 1. The van der Waals surface area contributed by atoms with E-state index in [4.69, 9.17) is 30.7 Å². The fourth-order valence-corrected chi connectivity index (χ4v) is 4.88. The van der Waals surface area contributed by atoms with E-state index in [1.165, 1.54) is 0 Å². The summed E-state index contributed by atoms with van der Waals surface area (Å²) in [7, 11) is 1.57. The van der Waals surface area contributed by atoms with E-state index in [-0.39, 0.29) is 17.9 Å². The van der Waals surface area contributed by atoms with Gasteiger partial charge in [0.1, 0.15) is 5.54 Å². The molecular weight excluding hydrogens is 488 g/mol. The summed E-state index contributed by atoms with van der Waals surface area (Å²) in [6.45, 7) is 3.83. The Kier molecular flexibility index (Phi) is 7.97. The van der Waals surface area contributed by atoms with E-state index < -0.39 is 24.4 Å². The fourth-order valence-electron chi connectivity index (χ4n) is 4.75. The molecular formula is C26H29ClN2O7. The molecule has 2 aromatic carbocycles. The summed E-state index contributed by atoms with van der Waals surface area (Å²) in [5.74, 6) is -0.364. The minimum absolute atomic E-state index is 0.113. The molecule has 1 saturated heterocycles. The van der Waals surface area contributed by atoms with Gasteiger partial charge in [-0.15, -0.1) is 0 Å². The van der Waals surface area contributed by atoms with Crippen molar-refractivity contribution >= 4 is 29.2 Å². The molecule has 1 N–H and O–H groups in total. The van der Waals surface area contributed by atoms with Crippen LogP contribution in [0.2, 0.25) is 5.02 Å². The SMILES string of the molecule is CCOC(=O)OC1=C(c2cc(-c3ccc(Cl)cc3)ccc2C)C(=O)N(OCO)C12CCN(OC)CC2. The highest BCUT2D eigenvalue weighted by molar-refractivity contribution is 6.30. The van der Waals surface area contributed by atoms with Crippen LogP contribution in [-0.2, 0) is 23.9 Å². The van der Waals surface area contributed by atoms with Crippen molar-refractivity contribution in [3.63, 3.8) is 0 Å². The van der Waals surface area contributed by atoms with Crippen molar-refractivity contribution in [2.24, 2.45) is 0 Å². The maximum Gasteiger partial charge on any atom is 0.513 e. The number of hydrogen-bond acceptors (Lipinski definition) is 8. The average Bonchev–Trinajstić information content (AvgIpc) is 3.08. The average molecular weight is 517 g/mol. The second kappa shape index (κ2) is 11.0. The Bertz CT molecular complexity index is 1160. The first-order valence-electron chi connectivity index (χ1n) is 11.7. The Morgan fingerprint density at radius 2 is 1.78 bits per heavy atom. The molecule has 1 amide bonds. The molecule has 2 aromatic rings. The van der Waals surface area contributed by atoms with Crippen LogP contribution in [0.1, 0.15) is 30.9 Å². The summed E-state index contributed by atoms with van der Waals surface area (Å²) >= 11 is 6.06. The molecule has 10 heteroatoms. The monoisotopic (exact) mass is 516 g/mol. The first-order chi connectivity index (χ1) is 17.3. The molecule has 36 heavy (non-hydrogen) atoms. The first kappa shape index (κ1) is 26.1. The van der Waals surface area contributed by atoms with Crippen molar-refractivity contribution in [1.82, 2.24) is 10.1 Å². The summed E-state index contributed by atoms with van der Waals surface area (Å²) in [5.41, 5.74) is 2.22. The number of rotatable bonds is 7. The number of amides is 1. The Balaban J connectivity index is 1.89. The largest absolute Gasteiger partial charge is 0.513 e. The van der Waals surface area contributed by atoms with Crippen LogP contribution in [0.3, 0.4) is 0 Å². The van der Waals surface area contributed by atoms with Gasteiger partial charge >= 0.3 is 6.16 Å². The minimum Gasteiger partial charge on any atom is -0.434 e. The number of aryl methyl sites for hydroxylation is 1. The zero-order valence-corrected chi connectivity index (χ0v) is 21.2. The maximum absolute atomic E-state index is 13.9. The fraction of sp³-hybridized carbons (Fsp3) is 0.385. The summed E-state index contributed by atoms with van der Waals surface area (Å²) in [6, 6.07) is 13.1. The predicted molar refractivity (Wildman–Crippen MR) is 132 cm³/mol. The number of carbonyl (C=O) groups excluding carboxylic acids is 2. The lowest BCUT2D eigenvalue weighted by Gasteiger charge is -2.43. The number of aliphatic hydroxyl groups excluding tert-OH is 1. The van der Waals surface area contributed by atoms with E-state index in [0.29, 0.717) is 36.5 Å². The molecule has 0 unspecified atom stereocenters. The third kappa shape index (κ3) is 4.85. The Morgan fingerprint density at radius 1 is 1.11 bits per heavy atom. The topological polar surface area (TPSA) is 97.8 Å². The van der Waals surface area contributed by atoms with Crippen molar-refractivity contribution in [3.05, 3.63) is 64.4 Å². The van der Waals surface area contributed by atoms with Crippen LogP contribution in [0.15, 0.2) is 48.2 Å². The number of halogens is 1. The van der Waals surface area contributed by atoms with Crippen LogP contribution in [0.4, 0.5) is 4.79 Å². The normalized spacial score (nSPS) is 17.7. The molecule has 0 bridgehead atoms. The van der Waals surface area contributed by atoms with Gasteiger partial charge in [0.2, 0.25) is 0 Å². The number of hydrogen-bond donors (Lipinski definition) is 1. The number of nitrogens with zero attached hydrogens (tertiary/aromatic N) is 2. The highest BCUT2D eigenvalue weighted by atomic mass is 35.5. The van der Waals surface area contributed by atoms with Gasteiger partial charge in [-0.3, -0.25) is 4.79 Å². The quantitative estimate of drug-likeness (QED) is 0.429. The van der Waals surface area contributed by atoms with Crippen molar-refractivity contribution in [3.8, 4) is 11.1 Å². The summed E-state index contributed by atoms with van der Waals surface area (Å²) in [6.07, 6.45) is -0.217. The molecule has 2 aliphatic heterocycles. The third-order valence-corrected chi connectivity index (χ3v) is 6.82. The first-order valence-corrected chi connectivity index (χ1v) is 12.1. The summed E-state index contributed by atoms with van der Waals surface area (Å²) < 4.78 is 10.8. The number of piperidine rings is 1. The molecule has 0 radical (unpaired) electrons. The molecule has 0 aliphatic carbocycles. The second-order valence-corrected chi connectivity index (χ2v) is 8.96. The van der Waals surface area contributed by atoms with E-state index >= 15 is 0 Å². The van der Waals surface area contributed by atoms with E-state index in [0.717, 1.165) is 21.8 Å². The predicted octanol–water partition coefficient (Wildman–Crippen LogP) is 4.32. The second-order valence-electron chi connectivity index (χ2n) is 8.53. The van der Waals surface area contributed by atoms with E-state index in [1.807, 2.05) is 37.3 Å². The third-order valence-electron chi connectivity index (χ3n) is 6.56. The lowest BCUT2D eigenvalue weighted by molar-refractivity contribution is -0.256. The van der Waals surface area contributed by atoms with Crippen LogP contribution in [0.5, 0.6) is 0 Å². The maximum atomic E-state index is 13.9. The van der Waals surface area contributed by atoms with Crippen LogP contribution < -0.4 is 0 Å². The van der Waals surface area contributed by atoms with Gasteiger partial charge in [0.25, 0.3) is 5.91 Å². The summed E-state index contributed by atoms with van der Waals surface area (Å²) in [4.78, 5) is 37.2. The molecule has 0 aromatic heterocycles. The van der Waals surface area contributed by atoms with Gasteiger partial charge in [0.05, 0.1) is 19.3 Å². The molecule has 2 heterocycles. The van der Waals surface area contributed by atoms with Crippen molar-refractivity contribution < 1.29 is 33.8 Å². The van der Waals surface area contributed by atoms with Gasteiger partial charge in [0.15, 0.2) is 12.6 Å². The van der Waals surface area contributed by atoms with Crippen LogP contribution in [0, 0.1) is 6.92 Å². The molecule has 0 atom stereocenters. The molecule has 1 fully saturated rings. The van der Waals surface area contributed by atoms with E-state index in [9.17, 15) is 14.7 Å². The molecule has 2 aliphatic rings. The van der Waals surface area contributed by atoms with Crippen LogP contribution in [-0.4, -0.2) is 66.4 Å². The Hall–Kier alpha value is -2.95. The molecule has 9 nitrogen and oxygen atoms in total. The lowest BCUT2D eigenvalue weighted by Crippen LogP contribution is -2.55. The highest BCUT2D eigenvalue weighted by Crippen LogP contribution is 2.48. The van der Waals surface area contributed by atoms with Gasteiger partial charge < -0.3 is 19.4 Å². The van der Waals surface area contributed by atoms with Gasteiger partial charge in [-0.05, 0) is 67.1 Å². The number of hydroxylamine groups is 4. The molecule has 192 valence electrons. The number of carbonyl (C=O) groups is 2. The van der Waals surface area contributed by atoms with Gasteiger partial charge in [0, 0.05) is 18.1 Å². The van der Waals surface area contributed by atoms with Gasteiger partial charge in [-0.2, -0.15) is 5.06 Å². The minimum atomic E-state index is -1.13. The number of ether oxygens (including phenoxy) is 2. The zero-order valence-electron chi connectivity index (χ0n) is 20.5. The standard InChI is InChI=1S/C26H29ClN2O7/c1-4-34-25(32)36-23-22(21-15-19(6-5-17(21)2)18-7-9-20(27)10-8-18)24(31)29(35-16-30)26(23)11-13-28(33-3)14-12-26/h5-10,15,30H,4,11-14,16H2,1-3H3. The van der Waals surface area contributed by atoms with Crippen molar-refractivity contribution in [1.29, 1.82) is 0 Å². The zero-order chi connectivity index (χ0) is 25.9. The van der Waals surface area contributed by atoms with Crippen LogP contribution >= 0.6 is 11.6 Å². The van der Waals surface area contributed by atoms with E-state index in [2.05, 4.69) is 0 Å². The molecule has 1 spiro atoms. The van der Waals surface area contributed by atoms with Crippen LogP contribution in [0.25, 0.3) is 16.7 Å². The molecule has 4 rings (SSSR count). The van der Waals surface area contributed by atoms with Crippen molar-refractivity contribution in [2.45, 2.75) is 32.2 Å². The van der Waals surface area contributed by atoms with Crippen molar-refractivity contribution in [2.75, 3.05) is 33.6 Å². The highest BCUT2D eigenvalue weighted by Gasteiger charge is 2.57. The number of benzene rings is 2. The Labute approximate surface area is 214 Å². The lowest BCUT2D eigenvalue weighted by atomic mass is 9.85. The van der Waals surface area contributed by atoms with Gasteiger partial charge in [-0.1, -0.05) is 35.9 Å². The Morgan fingerprint density at radius 3 is 2.39 bits per heavy atom. The summed E-state index contributed by atoms with van der Waals surface area (Å²) in [5, 5.41) is 13.1. The smallest absolute Gasteiger partial charge is 0.434 e. The van der Waals surface area contributed by atoms with Gasteiger partial charge in [-0.25, -0.2) is 14.7 Å².